The van der Waals surface area contributed by atoms with Gasteiger partial charge in [-0.1, -0.05) is 0 Å². The average Bonchev–Trinajstić information content (AvgIpc) is 1.14. The summed E-state index contributed by atoms with van der Waals surface area (Å²) in [6, 6.07) is 0. The van der Waals surface area contributed by atoms with Crippen LogP contribution in [0.25, 0.3) is 0 Å². The lowest BCUT2D eigenvalue weighted by Crippen LogP contribution is -1.84. The Morgan fingerprint density at radius 3 is 1.09 bits per heavy atom. The first-order chi connectivity index (χ1) is 3.71. The molecule has 0 aromatic rings. The van der Waals surface area contributed by atoms with Crippen molar-refractivity contribution in [2.24, 2.45) is 0 Å². The van der Waals surface area contributed by atoms with Gasteiger partial charge in [0.15, 0.2) is 0 Å². The van der Waals surface area contributed by atoms with Crippen LogP contribution in [0.5, 0.6) is 0 Å². The highest BCUT2D eigenvalue weighted by atomic mass is 31.3. The summed E-state index contributed by atoms with van der Waals surface area (Å²) in [7, 11) is -10.1. The van der Waals surface area contributed by atoms with Crippen LogP contribution in [0.2, 0.25) is 0 Å². The van der Waals surface area contributed by atoms with Crippen LogP contribution in [-0.2, 0) is 13.4 Å². The van der Waals surface area contributed by atoms with Crippen molar-refractivity contribution in [1.82, 2.24) is 0 Å². The van der Waals surface area contributed by atoms with Crippen LogP contribution in [0.15, 0.2) is 0 Å². The Bertz CT molecular complexity index is 153. The van der Waals surface area contributed by atoms with Crippen LogP contribution in [0.3, 0.4) is 0 Å². The maximum absolute atomic E-state index is 9.63. The van der Waals surface area contributed by atoms with E-state index in [1.165, 1.54) is 0 Å². The van der Waals surface area contributed by atoms with Gasteiger partial charge in [-0.05, 0) is 0 Å². The fourth-order valence-electron chi connectivity index (χ4n) is 0.139. The Balaban J connectivity index is -0.000000320. The summed E-state index contributed by atoms with van der Waals surface area (Å²) in [4.78, 5) is 31.0. The molecule has 0 aliphatic carbocycles. The summed E-state index contributed by atoms with van der Waals surface area (Å²) >= 11 is 0. The molecule has 0 rings (SSSR count). The van der Waals surface area contributed by atoms with E-state index < -0.39 is 15.6 Å². The van der Waals surface area contributed by atoms with Crippen LogP contribution in [0.1, 0.15) is 0 Å². The second-order valence-corrected chi connectivity index (χ2v) is 3.68. The first-order valence-corrected chi connectivity index (χ1v) is 4.59. The summed E-state index contributed by atoms with van der Waals surface area (Å²) in [5.74, 6) is 0. The van der Waals surface area contributed by atoms with Gasteiger partial charge in [-0.15, -0.1) is 0 Å². The van der Waals surface area contributed by atoms with Crippen molar-refractivity contribution in [3.05, 3.63) is 0 Å². The molecule has 0 spiro atoms. The molecule has 6 N–H and O–H groups in total. The quantitative estimate of drug-likeness (QED) is 0.297. The van der Waals surface area contributed by atoms with Gasteiger partial charge in [0.25, 0.3) is 0 Å². The molecule has 8 nitrogen and oxygen atoms in total. The fraction of sp³-hybridized carbons (Fsp3) is 0. The molecule has 1 radical (unpaired) electrons. The molecular formula is H8AlO8P2. The molecular weight excluding hydrogens is 217 g/mol. The van der Waals surface area contributed by atoms with E-state index in [4.69, 9.17) is 19.6 Å². The van der Waals surface area contributed by atoms with Gasteiger partial charge >= 0.3 is 15.6 Å². The molecule has 0 heterocycles. The van der Waals surface area contributed by atoms with Crippen molar-refractivity contribution in [2.45, 2.75) is 0 Å². The van der Waals surface area contributed by atoms with Gasteiger partial charge in [-0.2, -0.15) is 4.31 Å². The SMILES string of the molecule is O.O=P(O)(O)OP(=O)(O)O.[AlH2]. The van der Waals surface area contributed by atoms with Gasteiger partial charge in [-0.25, -0.2) is 9.13 Å². The molecule has 0 amide bonds. The second-order valence-electron chi connectivity index (χ2n) is 1.06. The van der Waals surface area contributed by atoms with E-state index in [0.29, 0.717) is 0 Å². The monoisotopic (exact) mass is 225 g/mol. The summed E-state index contributed by atoms with van der Waals surface area (Å²) in [6.45, 7) is 0. The van der Waals surface area contributed by atoms with E-state index >= 15 is 0 Å². The van der Waals surface area contributed by atoms with E-state index in [9.17, 15) is 9.13 Å². The highest BCUT2D eigenvalue weighted by Gasteiger charge is 2.27. The van der Waals surface area contributed by atoms with Gasteiger partial charge in [0.2, 0.25) is 0 Å². The third kappa shape index (κ3) is 18.1. The molecule has 0 fully saturated rings. The smallest absolute Gasteiger partial charge is 0.412 e. The summed E-state index contributed by atoms with van der Waals surface area (Å²) in [5, 5.41) is 0. The van der Waals surface area contributed by atoms with Gasteiger partial charge in [0.05, 0.1) is 0 Å². The predicted octanol–water partition coefficient (Wildman–Crippen LogP) is -2.55. The van der Waals surface area contributed by atoms with E-state index in [0.717, 1.165) is 0 Å². The minimum absolute atomic E-state index is 0. The molecule has 0 bridgehead atoms. The Kier molecular flexibility index (Phi) is 8.72. The minimum atomic E-state index is -5.05. The van der Waals surface area contributed by atoms with Crippen molar-refractivity contribution in [3.8, 4) is 0 Å². The largest absolute Gasteiger partial charge is 0.478 e. The average molecular weight is 225 g/mol. The lowest BCUT2D eigenvalue weighted by atomic mass is 15.7. The Morgan fingerprint density at radius 1 is 0.909 bits per heavy atom. The highest BCUT2D eigenvalue weighted by Crippen LogP contribution is 2.53. The van der Waals surface area contributed by atoms with Gasteiger partial charge in [-0.3, -0.25) is 0 Å². The first kappa shape index (κ1) is 17.7. The molecule has 0 saturated carbocycles. The van der Waals surface area contributed by atoms with E-state index in [2.05, 4.69) is 4.31 Å². The zero-order valence-corrected chi connectivity index (χ0v) is 9.20. The first-order valence-electron chi connectivity index (χ1n) is 1.53. The van der Waals surface area contributed by atoms with E-state index in [-0.39, 0.29) is 22.8 Å². The topological polar surface area (TPSA) is 156 Å². The zero-order valence-electron chi connectivity index (χ0n) is 5.41. The van der Waals surface area contributed by atoms with Crippen LogP contribution < -0.4 is 0 Å². The maximum Gasteiger partial charge on any atom is 0.478 e. The number of hydrogen-bond donors (Lipinski definition) is 4. The normalized spacial score (nSPS) is 11.3. The van der Waals surface area contributed by atoms with Gasteiger partial charge < -0.3 is 25.0 Å². The van der Waals surface area contributed by atoms with Crippen molar-refractivity contribution in [1.29, 1.82) is 0 Å². The molecule has 0 unspecified atom stereocenters. The number of phosphoric acid groups is 2. The highest BCUT2D eigenvalue weighted by molar-refractivity contribution is 7.60. The number of rotatable bonds is 2. The van der Waals surface area contributed by atoms with Gasteiger partial charge in [0, 0.05) is 0 Å². The second kappa shape index (κ2) is 5.41. The Morgan fingerprint density at radius 2 is 1.09 bits per heavy atom. The Hall–Kier alpha value is 0.752. The molecule has 0 aromatic carbocycles. The van der Waals surface area contributed by atoms with Crippen LogP contribution in [0, 0.1) is 0 Å². The van der Waals surface area contributed by atoms with Crippen molar-refractivity contribution < 1.29 is 38.5 Å². The standard InChI is InChI=1S/Al.H4O7P2.H2O.2H/c;1-8(2,3)7-9(4,5)6;;;/h;(H2,1,2,3)(H2,4,5,6);1H2;;. The predicted molar refractivity (Wildman–Crippen MR) is 37.3 cm³/mol. The fourth-order valence-corrected chi connectivity index (χ4v) is 1.25. The molecule has 11 heteroatoms. The van der Waals surface area contributed by atoms with Crippen molar-refractivity contribution in [3.63, 3.8) is 0 Å². The summed E-state index contributed by atoms with van der Waals surface area (Å²) < 4.78 is 22.2. The molecule has 0 saturated heterocycles. The van der Waals surface area contributed by atoms with Crippen LogP contribution in [-0.4, -0.2) is 42.4 Å². The van der Waals surface area contributed by atoms with Crippen LogP contribution >= 0.6 is 15.6 Å². The zero-order chi connectivity index (χ0) is 7.71. The number of hydrogen-bond acceptors (Lipinski definition) is 3. The van der Waals surface area contributed by atoms with Gasteiger partial charge in [0.1, 0.15) is 17.4 Å². The summed E-state index contributed by atoms with van der Waals surface area (Å²) in [6.07, 6.45) is 0. The Labute approximate surface area is 72.1 Å². The third-order valence-corrected chi connectivity index (χ3v) is 1.91. The van der Waals surface area contributed by atoms with E-state index in [1.807, 2.05) is 0 Å². The van der Waals surface area contributed by atoms with Crippen molar-refractivity contribution >= 4 is 33.0 Å². The molecule has 0 aliphatic heterocycles. The maximum atomic E-state index is 9.63. The van der Waals surface area contributed by atoms with Crippen molar-refractivity contribution in [2.75, 3.05) is 0 Å². The lowest BCUT2D eigenvalue weighted by Gasteiger charge is -2.03. The summed E-state index contributed by atoms with van der Waals surface area (Å²) in [5.41, 5.74) is 0. The molecule has 0 atom stereocenters. The minimum Gasteiger partial charge on any atom is -0.412 e. The van der Waals surface area contributed by atoms with Crippen LogP contribution in [0.4, 0.5) is 0 Å². The molecule has 69 valence electrons. The lowest BCUT2D eigenvalue weighted by molar-refractivity contribution is 0.225. The molecule has 0 aliphatic rings. The molecule has 0 aromatic heterocycles. The third-order valence-electron chi connectivity index (χ3n) is 0.213. The van der Waals surface area contributed by atoms with E-state index in [1.54, 1.807) is 0 Å². The molecule has 11 heavy (non-hydrogen) atoms.